The number of hydrogen-bond acceptors (Lipinski definition) is 7. The first-order valence-electron chi connectivity index (χ1n) is 12.5. The highest BCUT2D eigenvalue weighted by molar-refractivity contribution is 5.91. The topological polar surface area (TPSA) is 141 Å². The maximum Gasteiger partial charge on any atom is 0.348 e. The van der Waals surface area contributed by atoms with E-state index in [2.05, 4.69) is 24.8 Å². The Hall–Kier alpha value is -2.68. The van der Waals surface area contributed by atoms with Crippen LogP contribution < -0.4 is 0 Å². The highest BCUT2D eigenvalue weighted by atomic mass is 16.5. The van der Waals surface area contributed by atoms with Crippen molar-refractivity contribution in [3.05, 3.63) is 24.3 Å². The van der Waals surface area contributed by atoms with Crippen LogP contribution in [0.3, 0.4) is 0 Å². The van der Waals surface area contributed by atoms with Crippen LogP contribution in [0.1, 0.15) is 96.8 Å². The molecule has 0 saturated carbocycles. The van der Waals surface area contributed by atoms with Gasteiger partial charge < -0.3 is 19.7 Å². The molecule has 2 N–H and O–H groups in total. The normalized spacial score (nSPS) is 9.29. The van der Waals surface area contributed by atoms with Gasteiger partial charge in [-0.15, -0.1) is 0 Å². The van der Waals surface area contributed by atoms with E-state index in [1.807, 2.05) is 0 Å². The van der Waals surface area contributed by atoms with Gasteiger partial charge in [-0.2, -0.15) is 10.5 Å². The van der Waals surface area contributed by atoms with Gasteiger partial charge in [-0.1, -0.05) is 104 Å². The molecule has 0 aliphatic heterocycles. The zero-order valence-corrected chi connectivity index (χ0v) is 21.9. The molecule has 0 spiro atoms. The Bertz CT molecular complexity index is 633. The van der Waals surface area contributed by atoms with Gasteiger partial charge in [-0.3, -0.25) is 0 Å². The Morgan fingerprint density at radius 2 is 1.14 bits per heavy atom. The number of methoxy groups -OCH3 is 1. The molecule has 200 valence electrons. The summed E-state index contributed by atoms with van der Waals surface area (Å²) in [6.45, 7) is 9.47. The third-order valence-corrected chi connectivity index (χ3v) is 4.80. The van der Waals surface area contributed by atoms with Gasteiger partial charge in [0.15, 0.2) is 0 Å². The van der Waals surface area contributed by atoms with Gasteiger partial charge in [0.25, 0.3) is 0 Å². The Kier molecular flexibility index (Phi) is 33.0. The van der Waals surface area contributed by atoms with E-state index in [4.69, 9.17) is 25.5 Å². The van der Waals surface area contributed by atoms with E-state index in [-0.39, 0.29) is 12.2 Å². The minimum absolute atomic E-state index is 0.115. The van der Waals surface area contributed by atoms with E-state index in [0.29, 0.717) is 13.2 Å². The van der Waals surface area contributed by atoms with Crippen LogP contribution in [0.5, 0.6) is 0 Å². The Balaban J connectivity index is -0.000000698. The van der Waals surface area contributed by atoms with E-state index in [0.717, 1.165) is 12.8 Å². The Labute approximate surface area is 212 Å². The van der Waals surface area contributed by atoms with Crippen molar-refractivity contribution in [1.82, 2.24) is 0 Å². The Morgan fingerprint density at radius 1 is 0.743 bits per heavy atom. The number of ether oxygens (including phenoxy) is 2. The van der Waals surface area contributed by atoms with E-state index >= 15 is 0 Å². The first-order chi connectivity index (χ1) is 16.8. The third-order valence-electron chi connectivity index (χ3n) is 4.80. The zero-order valence-electron chi connectivity index (χ0n) is 21.9. The van der Waals surface area contributed by atoms with Crippen molar-refractivity contribution < 1.29 is 29.3 Å². The quantitative estimate of drug-likeness (QED) is 0.0983. The number of rotatable bonds is 19. The van der Waals surface area contributed by atoms with Crippen molar-refractivity contribution in [2.45, 2.75) is 96.8 Å². The maximum atomic E-state index is 11.2. The van der Waals surface area contributed by atoms with Crippen LogP contribution in [0.15, 0.2) is 24.3 Å². The molecule has 8 heteroatoms. The molecule has 0 unspecified atom stereocenters. The van der Waals surface area contributed by atoms with Crippen molar-refractivity contribution in [1.29, 1.82) is 10.5 Å². The lowest BCUT2D eigenvalue weighted by atomic mass is 10.0. The molecule has 0 heterocycles. The van der Waals surface area contributed by atoms with Crippen LogP contribution in [-0.4, -0.2) is 49.1 Å². The number of carbonyl (C=O) groups excluding carboxylic acids is 1. The van der Waals surface area contributed by atoms with Crippen molar-refractivity contribution in [3.63, 3.8) is 0 Å². The third kappa shape index (κ3) is 33.6. The van der Waals surface area contributed by atoms with Crippen LogP contribution in [0.4, 0.5) is 0 Å². The fourth-order valence-corrected chi connectivity index (χ4v) is 2.73. The first-order valence-corrected chi connectivity index (χ1v) is 12.5. The predicted octanol–water partition coefficient (Wildman–Crippen LogP) is 5.87. The number of nitrogens with zero attached hydrogens (tertiary/aromatic N) is 2. The second kappa shape index (κ2) is 31.3. The minimum atomic E-state index is -1.26. The SMILES string of the molecule is C=C(C#N)C(=O)O.C=C(C#N)C(=O)OCCCCCCCCCCCCCCCC.COCCO. The van der Waals surface area contributed by atoms with Gasteiger partial charge in [0.05, 0.1) is 19.8 Å². The summed E-state index contributed by atoms with van der Waals surface area (Å²) in [6.07, 6.45) is 18.3. The molecular weight excluding hydrogens is 448 g/mol. The van der Waals surface area contributed by atoms with Crippen molar-refractivity contribution in [2.24, 2.45) is 0 Å². The van der Waals surface area contributed by atoms with Crippen LogP contribution in [0, 0.1) is 22.7 Å². The molecule has 35 heavy (non-hydrogen) atoms. The minimum Gasteiger partial charge on any atom is -0.477 e. The number of aliphatic hydroxyl groups excluding tert-OH is 1. The second-order valence-electron chi connectivity index (χ2n) is 7.93. The predicted molar refractivity (Wildman–Crippen MR) is 137 cm³/mol. The molecule has 0 aromatic carbocycles. The van der Waals surface area contributed by atoms with Gasteiger partial charge in [0.1, 0.15) is 23.3 Å². The van der Waals surface area contributed by atoms with Gasteiger partial charge in [-0.25, -0.2) is 9.59 Å². The van der Waals surface area contributed by atoms with Crippen molar-refractivity contribution in [3.8, 4) is 12.1 Å². The number of carboxylic acids is 1. The molecule has 0 radical (unpaired) electrons. The summed E-state index contributed by atoms with van der Waals surface area (Å²) in [7, 11) is 1.55. The van der Waals surface area contributed by atoms with Gasteiger partial charge >= 0.3 is 11.9 Å². The summed E-state index contributed by atoms with van der Waals surface area (Å²) in [4.78, 5) is 20.8. The van der Waals surface area contributed by atoms with Crippen molar-refractivity contribution in [2.75, 3.05) is 26.9 Å². The molecule has 0 bridgehead atoms. The van der Waals surface area contributed by atoms with Gasteiger partial charge in [0.2, 0.25) is 0 Å². The largest absolute Gasteiger partial charge is 0.477 e. The molecule has 0 atom stereocenters. The molecule has 0 aliphatic carbocycles. The number of aliphatic carboxylic acids is 1. The maximum absolute atomic E-state index is 11.2. The lowest BCUT2D eigenvalue weighted by molar-refractivity contribution is -0.138. The lowest BCUT2D eigenvalue weighted by Crippen LogP contribution is -2.06. The first kappa shape index (κ1) is 36.9. The van der Waals surface area contributed by atoms with Crippen LogP contribution in [0.25, 0.3) is 0 Å². The van der Waals surface area contributed by atoms with Crippen molar-refractivity contribution >= 4 is 11.9 Å². The van der Waals surface area contributed by atoms with Gasteiger partial charge in [0, 0.05) is 7.11 Å². The molecule has 0 aromatic rings. The summed E-state index contributed by atoms with van der Waals surface area (Å²) >= 11 is 0. The number of nitriles is 2. The zero-order chi connectivity index (χ0) is 27.2. The number of carboxylic acid groups (broad SMARTS) is 1. The van der Waals surface area contributed by atoms with Gasteiger partial charge in [-0.05, 0) is 6.42 Å². The number of aliphatic hydroxyl groups is 1. The monoisotopic (exact) mass is 494 g/mol. The molecular formula is C27H46N2O6. The summed E-state index contributed by atoms with van der Waals surface area (Å²) in [5.41, 5.74) is -0.546. The second-order valence-corrected chi connectivity index (χ2v) is 7.93. The molecule has 0 amide bonds. The molecule has 0 aromatic heterocycles. The average Bonchev–Trinajstić information content (AvgIpc) is 2.86. The number of esters is 1. The summed E-state index contributed by atoms with van der Waals surface area (Å²) < 4.78 is 9.38. The van der Waals surface area contributed by atoms with Crippen LogP contribution in [0.2, 0.25) is 0 Å². The molecule has 8 nitrogen and oxygen atoms in total. The standard InChI is InChI=1S/C20H35NO2.C4H3NO2.C3H8O2/c1-3-4-5-6-7-8-9-10-11-12-13-14-15-16-17-23-20(22)19(2)18-21;1-3(2-5)4(6)7;1-5-3-2-4/h2-17H2,1H3;1H2,(H,6,7);4H,2-3H2,1H3. The van der Waals surface area contributed by atoms with E-state index in [1.165, 1.54) is 83.1 Å². The molecule has 0 fully saturated rings. The highest BCUT2D eigenvalue weighted by Gasteiger charge is 2.06. The van der Waals surface area contributed by atoms with Crippen LogP contribution >= 0.6 is 0 Å². The number of unbranched alkanes of at least 4 members (excludes halogenated alkanes) is 13. The number of hydrogen-bond donors (Lipinski definition) is 2. The lowest BCUT2D eigenvalue weighted by Gasteiger charge is -2.04. The molecule has 0 aliphatic rings. The highest BCUT2D eigenvalue weighted by Crippen LogP contribution is 2.13. The Morgan fingerprint density at radius 3 is 1.40 bits per heavy atom. The van der Waals surface area contributed by atoms with E-state index in [9.17, 15) is 9.59 Å². The average molecular weight is 495 g/mol. The smallest absolute Gasteiger partial charge is 0.348 e. The van der Waals surface area contributed by atoms with Crippen LogP contribution in [-0.2, 0) is 19.1 Å². The summed E-state index contributed by atoms with van der Waals surface area (Å²) in [5, 5.41) is 32.1. The van der Waals surface area contributed by atoms with E-state index < -0.39 is 17.5 Å². The molecule has 0 rings (SSSR count). The summed E-state index contributed by atoms with van der Waals surface area (Å²) in [5.74, 6) is -1.84. The molecule has 0 saturated heterocycles. The summed E-state index contributed by atoms with van der Waals surface area (Å²) in [6, 6.07) is 3.07. The number of carbonyl (C=O) groups is 2. The fourth-order valence-electron chi connectivity index (χ4n) is 2.73. The van der Waals surface area contributed by atoms with E-state index in [1.54, 1.807) is 13.2 Å². The fraction of sp³-hybridized carbons (Fsp3) is 0.704.